The van der Waals surface area contributed by atoms with Crippen LogP contribution in [0.5, 0.6) is 0 Å². The predicted molar refractivity (Wildman–Crippen MR) is 100 cm³/mol. The second-order valence-electron chi connectivity index (χ2n) is 7.01. The normalized spacial score (nSPS) is 12.1. The average molecular weight is 342 g/mol. The average Bonchev–Trinajstić information content (AvgIpc) is 2.52. The lowest BCUT2D eigenvalue weighted by Crippen LogP contribution is -2.32. The van der Waals surface area contributed by atoms with E-state index >= 15 is 0 Å². The SMILES string of the molecule is CCCCCCCCCCC(CCCCCCC(=O)O)NC(C)=O. The minimum Gasteiger partial charge on any atom is -0.481 e. The van der Waals surface area contributed by atoms with Crippen LogP contribution in [0.1, 0.15) is 110 Å². The standard InChI is InChI=1S/C20H39NO3/c1-3-4-5-6-7-8-9-12-15-19(21-18(2)22)16-13-10-11-14-17-20(23)24/h19H,3-17H2,1-2H3,(H,21,22)(H,23,24). The van der Waals surface area contributed by atoms with Gasteiger partial charge in [-0.15, -0.1) is 0 Å². The van der Waals surface area contributed by atoms with Crippen LogP contribution in [0, 0.1) is 0 Å². The molecule has 0 spiro atoms. The van der Waals surface area contributed by atoms with Gasteiger partial charge in [0.05, 0.1) is 0 Å². The maximum absolute atomic E-state index is 11.3. The molecule has 0 rings (SSSR count). The third-order valence-corrected chi connectivity index (χ3v) is 4.51. The molecule has 0 heterocycles. The number of carbonyl (C=O) groups is 2. The molecule has 0 saturated carbocycles. The van der Waals surface area contributed by atoms with E-state index in [0.29, 0.717) is 6.04 Å². The Morgan fingerprint density at radius 3 is 1.71 bits per heavy atom. The maximum Gasteiger partial charge on any atom is 0.303 e. The Balaban J connectivity index is 3.66. The molecule has 0 aliphatic rings. The first-order chi connectivity index (χ1) is 11.6. The first-order valence-corrected chi connectivity index (χ1v) is 10.0. The molecule has 24 heavy (non-hydrogen) atoms. The lowest BCUT2D eigenvalue weighted by atomic mass is 10.00. The lowest BCUT2D eigenvalue weighted by molar-refractivity contribution is -0.137. The molecule has 0 fully saturated rings. The molecule has 0 radical (unpaired) electrons. The zero-order valence-electron chi connectivity index (χ0n) is 15.9. The number of carboxylic acids is 1. The fraction of sp³-hybridized carbons (Fsp3) is 0.900. The van der Waals surface area contributed by atoms with Crippen molar-refractivity contribution in [1.82, 2.24) is 5.32 Å². The van der Waals surface area contributed by atoms with E-state index in [0.717, 1.165) is 38.5 Å². The van der Waals surface area contributed by atoms with Crippen LogP contribution in [0.4, 0.5) is 0 Å². The van der Waals surface area contributed by atoms with Gasteiger partial charge in [-0.25, -0.2) is 0 Å². The van der Waals surface area contributed by atoms with E-state index in [4.69, 9.17) is 5.11 Å². The van der Waals surface area contributed by atoms with Gasteiger partial charge in [0.1, 0.15) is 0 Å². The van der Waals surface area contributed by atoms with Crippen molar-refractivity contribution in [3.05, 3.63) is 0 Å². The van der Waals surface area contributed by atoms with Crippen LogP contribution in [0.25, 0.3) is 0 Å². The van der Waals surface area contributed by atoms with E-state index in [-0.39, 0.29) is 12.3 Å². The molecule has 0 bridgehead atoms. The molecule has 0 aliphatic carbocycles. The molecule has 0 aromatic rings. The predicted octanol–water partition coefficient (Wildman–Crippen LogP) is 5.45. The third-order valence-electron chi connectivity index (χ3n) is 4.51. The number of carboxylic acid groups (broad SMARTS) is 1. The zero-order chi connectivity index (χ0) is 18.0. The molecule has 142 valence electrons. The lowest BCUT2D eigenvalue weighted by Gasteiger charge is -2.17. The summed E-state index contributed by atoms with van der Waals surface area (Å²) < 4.78 is 0. The summed E-state index contributed by atoms with van der Waals surface area (Å²) in [7, 11) is 0. The highest BCUT2D eigenvalue weighted by Crippen LogP contribution is 2.14. The molecule has 4 nitrogen and oxygen atoms in total. The Hall–Kier alpha value is -1.06. The van der Waals surface area contributed by atoms with Crippen molar-refractivity contribution in [3.63, 3.8) is 0 Å². The second kappa shape index (κ2) is 16.8. The van der Waals surface area contributed by atoms with Crippen LogP contribution in [0.3, 0.4) is 0 Å². The van der Waals surface area contributed by atoms with Gasteiger partial charge in [0, 0.05) is 19.4 Å². The van der Waals surface area contributed by atoms with E-state index in [1.165, 1.54) is 51.4 Å². The fourth-order valence-corrected chi connectivity index (χ4v) is 3.12. The summed E-state index contributed by atoms with van der Waals surface area (Å²) in [6.45, 7) is 3.84. The molecule has 1 amide bonds. The molecule has 0 saturated heterocycles. The molecule has 0 aliphatic heterocycles. The highest BCUT2D eigenvalue weighted by molar-refractivity contribution is 5.73. The van der Waals surface area contributed by atoms with Crippen LogP contribution in [-0.4, -0.2) is 23.0 Å². The number of carbonyl (C=O) groups excluding carboxylic acids is 1. The summed E-state index contributed by atoms with van der Waals surface area (Å²) in [6.07, 6.45) is 16.7. The van der Waals surface area contributed by atoms with Gasteiger partial charge in [0.25, 0.3) is 0 Å². The Labute approximate surface area is 148 Å². The van der Waals surface area contributed by atoms with Gasteiger partial charge >= 0.3 is 5.97 Å². The summed E-state index contributed by atoms with van der Waals surface area (Å²) in [5.41, 5.74) is 0. The number of amides is 1. The van der Waals surface area contributed by atoms with E-state index in [9.17, 15) is 9.59 Å². The first-order valence-electron chi connectivity index (χ1n) is 10.0. The van der Waals surface area contributed by atoms with Crippen molar-refractivity contribution < 1.29 is 14.7 Å². The van der Waals surface area contributed by atoms with Gasteiger partial charge < -0.3 is 10.4 Å². The highest BCUT2D eigenvalue weighted by atomic mass is 16.4. The molecule has 4 heteroatoms. The summed E-state index contributed by atoms with van der Waals surface area (Å²) in [6, 6.07) is 0.294. The molecule has 0 aromatic carbocycles. The largest absolute Gasteiger partial charge is 0.481 e. The van der Waals surface area contributed by atoms with Crippen molar-refractivity contribution in [2.24, 2.45) is 0 Å². The molecule has 0 aromatic heterocycles. The Morgan fingerprint density at radius 2 is 1.25 bits per heavy atom. The van der Waals surface area contributed by atoms with Crippen molar-refractivity contribution in [2.75, 3.05) is 0 Å². The van der Waals surface area contributed by atoms with Crippen LogP contribution in [0.2, 0.25) is 0 Å². The van der Waals surface area contributed by atoms with Crippen LogP contribution in [0.15, 0.2) is 0 Å². The van der Waals surface area contributed by atoms with Gasteiger partial charge in [-0.2, -0.15) is 0 Å². The van der Waals surface area contributed by atoms with Crippen molar-refractivity contribution >= 4 is 11.9 Å². The highest BCUT2D eigenvalue weighted by Gasteiger charge is 2.09. The number of aliphatic carboxylic acids is 1. The molecular formula is C20H39NO3. The van der Waals surface area contributed by atoms with Gasteiger partial charge in [-0.3, -0.25) is 9.59 Å². The quantitative estimate of drug-likeness (QED) is 0.346. The van der Waals surface area contributed by atoms with Crippen molar-refractivity contribution in [1.29, 1.82) is 0 Å². The van der Waals surface area contributed by atoms with E-state index < -0.39 is 5.97 Å². The number of hydrogen-bond donors (Lipinski definition) is 2. The van der Waals surface area contributed by atoms with E-state index in [1.807, 2.05) is 0 Å². The van der Waals surface area contributed by atoms with Crippen LogP contribution < -0.4 is 5.32 Å². The Bertz CT molecular complexity index is 318. The zero-order valence-corrected chi connectivity index (χ0v) is 15.9. The van der Waals surface area contributed by atoms with Crippen molar-refractivity contribution in [3.8, 4) is 0 Å². The van der Waals surface area contributed by atoms with Crippen molar-refractivity contribution in [2.45, 2.75) is 116 Å². The summed E-state index contributed by atoms with van der Waals surface area (Å²) in [5.74, 6) is -0.647. The summed E-state index contributed by atoms with van der Waals surface area (Å²) in [5, 5.41) is 11.7. The third kappa shape index (κ3) is 17.3. The van der Waals surface area contributed by atoms with Gasteiger partial charge in [0.2, 0.25) is 5.91 Å². The van der Waals surface area contributed by atoms with E-state index in [1.54, 1.807) is 6.92 Å². The maximum atomic E-state index is 11.3. The smallest absolute Gasteiger partial charge is 0.303 e. The number of nitrogens with one attached hydrogen (secondary N) is 1. The number of rotatable bonds is 17. The van der Waals surface area contributed by atoms with Gasteiger partial charge in [-0.1, -0.05) is 77.6 Å². The molecule has 1 unspecified atom stereocenters. The minimum atomic E-state index is -0.708. The molecule has 2 N–H and O–H groups in total. The fourth-order valence-electron chi connectivity index (χ4n) is 3.12. The Kier molecular flexibility index (Phi) is 16.0. The molecular weight excluding hydrogens is 302 g/mol. The topological polar surface area (TPSA) is 66.4 Å². The minimum absolute atomic E-state index is 0.0606. The number of hydrogen-bond acceptors (Lipinski definition) is 2. The van der Waals surface area contributed by atoms with E-state index in [2.05, 4.69) is 12.2 Å². The number of unbranched alkanes of at least 4 members (excludes halogenated alkanes) is 10. The summed E-state index contributed by atoms with van der Waals surface area (Å²) >= 11 is 0. The summed E-state index contributed by atoms with van der Waals surface area (Å²) in [4.78, 5) is 21.8. The second-order valence-corrected chi connectivity index (χ2v) is 7.01. The van der Waals surface area contributed by atoms with Crippen LogP contribution >= 0.6 is 0 Å². The Morgan fingerprint density at radius 1 is 0.792 bits per heavy atom. The van der Waals surface area contributed by atoms with Crippen LogP contribution in [-0.2, 0) is 9.59 Å². The monoisotopic (exact) mass is 341 g/mol. The van der Waals surface area contributed by atoms with Gasteiger partial charge in [-0.05, 0) is 19.3 Å². The first kappa shape index (κ1) is 22.9. The molecule has 1 atom stereocenters. The van der Waals surface area contributed by atoms with Gasteiger partial charge in [0.15, 0.2) is 0 Å².